The molecule has 2 rings (SSSR count). The van der Waals surface area contributed by atoms with Gasteiger partial charge >= 0.3 is 5.97 Å². The average Bonchev–Trinajstić information content (AvgIpc) is 2.69. The summed E-state index contributed by atoms with van der Waals surface area (Å²) in [4.78, 5) is 49.1. The molecular weight excluding hydrogens is 477 g/mol. The zero-order chi connectivity index (χ0) is 25.1. The summed E-state index contributed by atoms with van der Waals surface area (Å²) in [6, 6.07) is 4.37. The molecule has 2 aromatic rings. The average molecular weight is 500 g/mol. The fraction of sp³-hybridized carbons (Fsp3) is 0.333. The van der Waals surface area contributed by atoms with Crippen LogP contribution in [0.3, 0.4) is 0 Å². The van der Waals surface area contributed by atoms with Gasteiger partial charge in [0, 0.05) is 16.6 Å². The van der Waals surface area contributed by atoms with E-state index >= 15 is 0 Å². The fourth-order valence-corrected chi connectivity index (χ4v) is 3.23. The normalized spacial score (nSPS) is 11.2. The molecule has 1 heterocycles. The van der Waals surface area contributed by atoms with Crippen molar-refractivity contribution in [2.45, 2.75) is 27.3 Å². The minimum Gasteiger partial charge on any atom is -0.506 e. The number of carboxylic acid groups (broad SMARTS) is 1. The van der Waals surface area contributed by atoms with E-state index < -0.39 is 52.6 Å². The van der Waals surface area contributed by atoms with Crippen LogP contribution in [0.2, 0.25) is 10.0 Å². The molecule has 0 fully saturated rings. The predicted molar refractivity (Wildman–Crippen MR) is 121 cm³/mol. The first kappa shape index (κ1) is 26.0. The largest absolute Gasteiger partial charge is 0.506 e. The molecule has 0 aliphatic carbocycles. The standard InChI is InChI=1S/C21H23Cl2N3O7/c1-21(2,3)9-25-18(31)15-16(29)14(17(30)24-7-13(27)28)19(32)26(20(15)33)8-10-4-5-11(22)6-12(10)23/h4-6,29,33H,7-9H2,1-3H3,(H,24,30)(H,25,31)(H,27,28). The zero-order valence-electron chi connectivity index (χ0n) is 18.0. The molecule has 12 heteroatoms. The van der Waals surface area contributed by atoms with Gasteiger partial charge in [0.2, 0.25) is 5.88 Å². The van der Waals surface area contributed by atoms with Crippen molar-refractivity contribution in [2.75, 3.05) is 13.1 Å². The van der Waals surface area contributed by atoms with Crippen LogP contribution in [0.5, 0.6) is 11.6 Å². The van der Waals surface area contributed by atoms with Gasteiger partial charge in [-0.2, -0.15) is 0 Å². The first-order chi connectivity index (χ1) is 15.2. The third kappa shape index (κ3) is 6.39. The predicted octanol–water partition coefficient (Wildman–Crippen LogP) is 2.20. The van der Waals surface area contributed by atoms with Gasteiger partial charge < -0.3 is 26.0 Å². The van der Waals surface area contributed by atoms with Gasteiger partial charge in [-0.15, -0.1) is 0 Å². The van der Waals surface area contributed by atoms with Gasteiger partial charge in [0.25, 0.3) is 17.4 Å². The van der Waals surface area contributed by atoms with E-state index in [2.05, 4.69) is 5.32 Å². The van der Waals surface area contributed by atoms with E-state index in [9.17, 15) is 29.4 Å². The van der Waals surface area contributed by atoms with Crippen molar-refractivity contribution in [1.82, 2.24) is 15.2 Å². The van der Waals surface area contributed by atoms with Crippen molar-refractivity contribution >= 4 is 41.0 Å². The summed E-state index contributed by atoms with van der Waals surface area (Å²) in [6.45, 7) is 4.43. The molecule has 0 bridgehead atoms. The molecule has 5 N–H and O–H groups in total. The number of amides is 2. The van der Waals surface area contributed by atoms with E-state index in [1.807, 2.05) is 26.1 Å². The second kappa shape index (κ2) is 10.1. The maximum atomic E-state index is 13.0. The molecule has 0 saturated carbocycles. The number of pyridine rings is 1. The van der Waals surface area contributed by atoms with Gasteiger partial charge in [0.1, 0.15) is 17.7 Å². The Bertz CT molecular complexity index is 1170. The van der Waals surface area contributed by atoms with Crippen molar-refractivity contribution < 1.29 is 29.7 Å². The molecular formula is C21H23Cl2N3O7. The van der Waals surface area contributed by atoms with E-state index in [0.29, 0.717) is 15.2 Å². The molecule has 10 nitrogen and oxygen atoms in total. The van der Waals surface area contributed by atoms with E-state index in [1.165, 1.54) is 18.2 Å². The number of hydrogen-bond donors (Lipinski definition) is 5. The van der Waals surface area contributed by atoms with E-state index in [4.69, 9.17) is 28.3 Å². The van der Waals surface area contributed by atoms with Crippen molar-refractivity contribution in [3.63, 3.8) is 0 Å². The number of nitrogens with one attached hydrogen (secondary N) is 2. The second-order valence-electron chi connectivity index (χ2n) is 8.37. The molecule has 0 aliphatic rings. The number of aromatic hydroxyl groups is 2. The Hall–Kier alpha value is -3.24. The number of benzene rings is 1. The summed E-state index contributed by atoms with van der Waals surface area (Å²) in [7, 11) is 0. The quantitative estimate of drug-likeness (QED) is 0.390. The molecule has 178 valence electrons. The Morgan fingerprint density at radius 2 is 1.64 bits per heavy atom. The van der Waals surface area contributed by atoms with Crippen LogP contribution >= 0.6 is 23.2 Å². The van der Waals surface area contributed by atoms with Crippen LogP contribution in [0.15, 0.2) is 23.0 Å². The number of carbonyl (C=O) groups excluding carboxylic acids is 2. The molecule has 0 spiro atoms. The van der Waals surface area contributed by atoms with Crippen molar-refractivity contribution in [1.29, 1.82) is 0 Å². The summed E-state index contributed by atoms with van der Waals surface area (Å²) < 4.78 is 0.677. The maximum absolute atomic E-state index is 13.0. The second-order valence-corrected chi connectivity index (χ2v) is 9.21. The number of rotatable bonds is 7. The number of carbonyl (C=O) groups is 3. The SMILES string of the molecule is CC(C)(C)CNC(=O)c1c(O)c(C(=O)NCC(=O)O)c(=O)n(Cc2ccc(Cl)cc2Cl)c1O. The highest BCUT2D eigenvalue weighted by Crippen LogP contribution is 2.30. The van der Waals surface area contributed by atoms with Crippen LogP contribution in [-0.2, 0) is 11.3 Å². The van der Waals surface area contributed by atoms with Crippen LogP contribution in [0.25, 0.3) is 0 Å². The first-order valence-electron chi connectivity index (χ1n) is 9.63. The van der Waals surface area contributed by atoms with Gasteiger partial charge in [0.15, 0.2) is 5.75 Å². The molecule has 0 saturated heterocycles. The van der Waals surface area contributed by atoms with Crippen LogP contribution < -0.4 is 16.2 Å². The molecule has 0 radical (unpaired) electrons. The first-order valence-corrected chi connectivity index (χ1v) is 10.4. The molecule has 2 amide bonds. The Balaban J connectivity index is 2.67. The van der Waals surface area contributed by atoms with E-state index in [-0.39, 0.29) is 23.5 Å². The Labute approximate surface area is 198 Å². The zero-order valence-corrected chi connectivity index (χ0v) is 19.5. The lowest BCUT2D eigenvalue weighted by Gasteiger charge is -2.21. The third-order valence-electron chi connectivity index (χ3n) is 4.39. The van der Waals surface area contributed by atoms with Crippen LogP contribution in [-0.4, -0.2) is 50.8 Å². The van der Waals surface area contributed by atoms with Crippen molar-refractivity contribution in [2.24, 2.45) is 5.41 Å². The third-order valence-corrected chi connectivity index (χ3v) is 4.98. The number of aromatic nitrogens is 1. The maximum Gasteiger partial charge on any atom is 0.322 e. The Kier molecular flexibility index (Phi) is 7.99. The van der Waals surface area contributed by atoms with Gasteiger partial charge in [-0.25, -0.2) is 0 Å². The summed E-state index contributed by atoms with van der Waals surface area (Å²) in [5.41, 5.74) is -2.81. The lowest BCUT2D eigenvalue weighted by molar-refractivity contribution is -0.135. The highest BCUT2D eigenvalue weighted by molar-refractivity contribution is 6.35. The van der Waals surface area contributed by atoms with Gasteiger partial charge in [-0.1, -0.05) is 50.0 Å². The lowest BCUT2D eigenvalue weighted by Crippen LogP contribution is -2.38. The minimum atomic E-state index is -1.39. The number of carboxylic acids is 1. The van der Waals surface area contributed by atoms with Crippen LogP contribution in [0.1, 0.15) is 47.1 Å². The number of aliphatic carboxylic acids is 1. The number of nitrogens with zero attached hydrogens (tertiary/aromatic N) is 1. The highest BCUT2D eigenvalue weighted by atomic mass is 35.5. The minimum absolute atomic E-state index is 0.146. The molecule has 0 atom stereocenters. The molecule has 0 unspecified atom stereocenters. The smallest absolute Gasteiger partial charge is 0.322 e. The summed E-state index contributed by atoms with van der Waals surface area (Å²) in [5.74, 6) is -5.54. The molecule has 1 aromatic heterocycles. The monoisotopic (exact) mass is 499 g/mol. The van der Waals surface area contributed by atoms with Gasteiger partial charge in [-0.05, 0) is 23.1 Å². The highest BCUT2D eigenvalue weighted by Gasteiger charge is 2.30. The Morgan fingerprint density at radius 1 is 1.03 bits per heavy atom. The Morgan fingerprint density at radius 3 is 2.18 bits per heavy atom. The summed E-state index contributed by atoms with van der Waals surface area (Å²) >= 11 is 12.0. The number of halogens is 2. The molecule has 1 aromatic carbocycles. The van der Waals surface area contributed by atoms with E-state index in [1.54, 1.807) is 0 Å². The van der Waals surface area contributed by atoms with E-state index in [0.717, 1.165) is 0 Å². The van der Waals surface area contributed by atoms with Crippen LogP contribution in [0, 0.1) is 5.41 Å². The summed E-state index contributed by atoms with van der Waals surface area (Å²) in [5, 5.41) is 35.1. The molecule has 33 heavy (non-hydrogen) atoms. The van der Waals surface area contributed by atoms with Crippen LogP contribution in [0.4, 0.5) is 0 Å². The van der Waals surface area contributed by atoms with Crippen molar-refractivity contribution in [3.8, 4) is 11.6 Å². The summed E-state index contributed by atoms with van der Waals surface area (Å²) in [6.07, 6.45) is 0. The topological polar surface area (TPSA) is 158 Å². The van der Waals surface area contributed by atoms with Gasteiger partial charge in [0.05, 0.1) is 6.54 Å². The number of hydrogen-bond acceptors (Lipinski definition) is 6. The van der Waals surface area contributed by atoms with Gasteiger partial charge in [-0.3, -0.25) is 23.7 Å². The fourth-order valence-electron chi connectivity index (χ4n) is 2.76. The van der Waals surface area contributed by atoms with Crippen molar-refractivity contribution in [3.05, 3.63) is 55.3 Å². The molecule has 0 aliphatic heterocycles. The lowest BCUT2D eigenvalue weighted by atomic mass is 9.97.